The lowest BCUT2D eigenvalue weighted by molar-refractivity contribution is -0.142. The van der Waals surface area contributed by atoms with Gasteiger partial charge in [0, 0.05) is 24.1 Å². The summed E-state index contributed by atoms with van der Waals surface area (Å²) in [7, 11) is 0. The maximum absolute atomic E-state index is 12.7. The van der Waals surface area contributed by atoms with Crippen molar-refractivity contribution in [2.45, 2.75) is 56.3 Å². The van der Waals surface area contributed by atoms with Gasteiger partial charge in [0.05, 0.1) is 18.8 Å². The third kappa shape index (κ3) is 10.2. The van der Waals surface area contributed by atoms with Crippen LogP contribution in [0.1, 0.15) is 31.4 Å². The summed E-state index contributed by atoms with van der Waals surface area (Å²) >= 11 is 4.03. The van der Waals surface area contributed by atoms with Crippen molar-refractivity contribution in [1.82, 2.24) is 25.9 Å². The molecule has 11 N–H and O–H groups in total. The number of thiol groups is 1. The van der Waals surface area contributed by atoms with Crippen LogP contribution in [0.25, 0.3) is 0 Å². The molecule has 34 heavy (non-hydrogen) atoms. The number of carbonyl (C=O) groups is 5. The van der Waals surface area contributed by atoms with Crippen molar-refractivity contribution in [1.29, 1.82) is 0 Å². The Morgan fingerprint density at radius 1 is 1.03 bits per heavy atom. The number of hydrogen-bond donors (Lipinski definition) is 9. The van der Waals surface area contributed by atoms with Gasteiger partial charge in [0.25, 0.3) is 0 Å². The molecule has 0 aliphatic rings. The lowest BCUT2D eigenvalue weighted by atomic mass is 10.1. The molecule has 190 valence electrons. The van der Waals surface area contributed by atoms with E-state index in [-0.39, 0.29) is 18.6 Å². The van der Waals surface area contributed by atoms with Crippen LogP contribution in [-0.2, 0) is 30.4 Å². The molecule has 4 amide bonds. The van der Waals surface area contributed by atoms with Crippen LogP contribution in [0, 0.1) is 0 Å². The van der Waals surface area contributed by atoms with Crippen LogP contribution in [0.4, 0.5) is 0 Å². The molecule has 14 nitrogen and oxygen atoms in total. The molecule has 1 heterocycles. The molecule has 0 aliphatic heterocycles. The fraction of sp³-hybridized carbons (Fsp3) is 0.579. The highest BCUT2D eigenvalue weighted by Gasteiger charge is 2.30. The topological polar surface area (TPSA) is 248 Å². The average molecular weight is 501 g/mol. The molecular formula is C19H32N8O6S. The zero-order valence-corrected chi connectivity index (χ0v) is 19.4. The van der Waals surface area contributed by atoms with E-state index in [0.717, 1.165) is 0 Å². The minimum Gasteiger partial charge on any atom is -0.480 e. The van der Waals surface area contributed by atoms with Crippen molar-refractivity contribution >= 4 is 42.2 Å². The van der Waals surface area contributed by atoms with E-state index in [0.29, 0.717) is 25.1 Å². The number of nitrogens with one attached hydrogen (secondary N) is 4. The third-order valence-corrected chi connectivity index (χ3v) is 5.11. The molecule has 1 aromatic rings. The Kier molecular flexibility index (Phi) is 12.6. The number of imidazole rings is 1. The monoisotopic (exact) mass is 500 g/mol. The highest BCUT2D eigenvalue weighted by Crippen LogP contribution is 2.03. The summed E-state index contributed by atoms with van der Waals surface area (Å²) in [5.74, 6) is -4.69. The zero-order valence-electron chi connectivity index (χ0n) is 18.5. The molecule has 1 rings (SSSR count). The first-order chi connectivity index (χ1) is 16.1. The van der Waals surface area contributed by atoms with Crippen molar-refractivity contribution < 1.29 is 29.1 Å². The number of rotatable bonds is 16. The first-order valence-electron chi connectivity index (χ1n) is 10.5. The number of carboxylic acids is 1. The molecule has 0 radical (unpaired) electrons. The first kappa shape index (κ1) is 28.9. The summed E-state index contributed by atoms with van der Waals surface area (Å²) in [4.78, 5) is 67.2. The van der Waals surface area contributed by atoms with Gasteiger partial charge in [-0.3, -0.25) is 19.2 Å². The fourth-order valence-corrected chi connectivity index (χ4v) is 3.16. The van der Waals surface area contributed by atoms with Gasteiger partial charge in [0.2, 0.25) is 23.6 Å². The van der Waals surface area contributed by atoms with Gasteiger partial charge < -0.3 is 43.2 Å². The van der Waals surface area contributed by atoms with E-state index in [1.54, 1.807) is 0 Å². The summed E-state index contributed by atoms with van der Waals surface area (Å²) in [6, 6.07) is -4.89. The number of primary amides is 1. The third-order valence-electron chi connectivity index (χ3n) is 4.75. The van der Waals surface area contributed by atoms with E-state index in [1.807, 2.05) is 0 Å². The van der Waals surface area contributed by atoms with Gasteiger partial charge in [-0.25, -0.2) is 9.78 Å². The van der Waals surface area contributed by atoms with Crippen LogP contribution < -0.4 is 33.2 Å². The number of aromatic nitrogens is 2. The van der Waals surface area contributed by atoms with Gasteiger partial charge in [-0.15, -0.1) is 0 Å². The SMILES string of the molecule is NCCCCC(NC(=O)C(CS)NC(=O)C(CC(N)=O)NC(=O)C(N)Cc1cnc[nH]1)C(=O)O. The molecule has 0 saturated carbocycles. The lowest BCUT2D eigenvalue weighted by Crippen LogP contribution is -2.58. The molecule has 0 aliphatic carbocycles. The number of aliphatic carboxylic acids is 1. The smallest absolute Gasteiger partial charge is 0.326 e. The molecule has 0 aromatic carbocycles. The van der Waals surface area contributed by atoms with Crippen molar-refractivity contribution in [3.63, 3.8) is 0 Å². The van der Waals surface area contributed by atoms with E-state index in [9.17, 15) is 29.1 Å². The normalized spacial score (nSPS) is 14.3. The molecule has 0 fully saturated rings. The van der Waals surface area contributed by atoms with E-state index in [2.05, 4.69) is 38.5 Å². The maximum atomic E-state index is 12.7. The predicted molar refractivity (Wildman–Crippen MR) is 124 cm³/mol. The number of carboxylic acid groups (broad SMARTS) is 1. The van der Waals surface area contributed by atoms with Gasteiger partial charge in [-0.05, 0) is 25.8 Å². The summed E-state index contributed by atoms with van der Waals surface area (Å²) in [6.45, 7) is 0.383. The highest BCUT2D eigenvalue weighted by molar-refractivity contribution is 7.80. The molecule has 0 spiro atoms. The Balaban J connectivity index is 2.79. The first-order valence-corrected chi connectivity index (χ1v) is 11.2. The number of unbranched alkanes of at least 4 members (excludes halogenated alkanes) is 1. The van der Waals surface area contributed by atoms with Crippen LogP contribution in [0.2, 0.25) is 0 Å². The molecule has 4 unspecified atom stereocenters. The number of hydrogen-bond acceptors (Lipinski definition) is 9. The van der Waals surface area contributed by atoms with Crippen molar-refractivity contribution in [2.75, 3.05) is 12.3 Å². The maximum Gasteiger partial charge on any atom is 0.326 e. The summed E-state index contributed by atoms with van der Waals surface area (Å²) in [5, 5.41) is 16.4. The fourth-order valence-electron chi connectivity index (χ4n) is 2.90. The molecule has 15 heteroatoms. The van der Waals surface area contributed by atoms with Crippen LogP contribution in [0.15, 0.2) is 12.5 Å². The molecule has 0 saturated heterocycles. The zero-order chi connectivity index (χ0) is 25.7. The quantitative estimate of drug-likeness (QED) is 0.0815. The standard InChI is InChI=1S/C19H32N8O6S/c20-4-2-1-3-12(19(32)33)25-18(31)14(8-34)27-17(30)13(6-15(22)28)26-16(29)11(21)5-10-7-23-9-24-10/h7,9,11-14,34H,1-6,8,20-21H2,(H2,22,28)(H,23,24)(H,25,31)(H,26,29)(H,27,30)(H,32,33). The van der Waals surface area contributed by atoms with E-state index >= 15 is 0 Å². The summed E-state index contributed by atoms with van der Waals surface area (Å²) < 4.78 is 0. The van der Waals surface area contributed by atoms with Crippen molar-refractivity contribution in [3.05, 3.63) is 18.2 Å². The number of nitrogens with two attached hydrogens (primary N) is 3. The molecule has 1 aromatic heterocycles. The van der Waals surface area contributed by atoms with E-state index < -0.39 is 60.2 Å². The number of amides is 4. The Morgan fingerprint density at radius 2 is 1.65 bits per heavy atom. The molecule has 4 atom stereocenters. The van der Waals surface area contributed by atoms with Crippen LogP contribution in [-0.4, -0.2) is 81.1 Å². The Labute approximate surface area is 201 Å². The summed E-state index contributed by atoms with van der Waals surface area (Å²) in [6.07, 6.45) is 3.67. The number of nitrogens with zero attached hydrogens (tertiary/aromatic N) is 1. The second kappa shape index (κ2) is 14.9. The average Bonchev–Trinajstić information content (AvgIpc) is 3.28. The predicted octanol–water partition coefficient (Wildman–Crippen LogP) is -3.25. The number of aromatic amines is 1. The minimum absolute atomic E-state index is 0.0964. The number of H-pyrrole nitrogens is 1. The minimum atomic E-state index is -1.41. The van der Waals surface area contributed by atoms with Crippen LogP contribution in [0.3, 0.4) is 0 Å². The lowest BCUT2D eigenvalue weighted by Gasteiger charge is -2.24. The Bertz CT molecular complexity index is 837. The number of carbonyl (C=O) groups excluding carboxylic acids is 4. The molecular weight excluding hydrogens is 468 g/mol. The molecule has 0 bridgehead atoms. The van der Waals surface area contributed by atoms with Gasteiger partial charge in [-0.1, -0.05) is 0 Å². The second-order valence-electron chi connectivity index (χ2n) is 7.55. The van der Waals surface area contributed by atoms with Gasteiger partial charge >= 0.3 is 5.97 Å². The van der Waals surface area contributed by atoms with Crippen LogP contribution >= 0.6 is 12.6 Å². The van der Waals surface area contributed by atoms with Crippen molar-refractivity contribution in [3.8, 4) is 0 Å². The largest absolute Gasteiger partial charge is 0.480 e. The Morgan fingerprint density at radius 3 is 2.18 bits per heavy atom. The summed E-state index contributed by atoms with van der Waals surface area (Å²) in [5.41, 5.74) is 17.0. The van der Waals surface area contributed by atoms with Gasteiger partial charge in [0.15, 0.2) is 0 Å². The van der Waals surface area contributed by atoms with Gasteiger partial charge in [0.1, 0.15) is 18.1 Å². The van der Waals surface area contributed by atoms with Crippen molar-refractivity contribution in [2.24, 2.45) is 17.2 Å². The van der Waals surface area contributed by atoms with Gasteiger partial charge in [-0.2, -0.15) is 12.6 Å². The Hall–Kier alpha value is -3.17. The second-order valence-corrected chi connectivity index (χ2v) is 7.91. The van der Waals surface area contributed by atoms with E-state index in [1.165, 1.54) is 12.5 Å². The van der Waals surface area contributed by atoms with Crippen LogP contribution in [0.5, 0.6) is 0 Å². The van der Waals surface area contributed by atoms with E-state index in [4.69, 9.17) is 17.2 Å². The highest BCUT2D eigenvalue weighted by atomic mass is 32.1.